The van der Waals surface area contributed by atoms with Gasteiger partial charge < -0.3 is 10.6 Å². The first-order valence-corrected chi connectivity index (χ1v) is 10.8. The zero-order valence-corrected chi connectivity index (χ0v) is 16.9. The van der Waals surface area contributed by atoms with Crippen LogP contribution in [0.15, 0.2) is 29.2 Å². The van der Waals surface area contributed by atoms with Gasteiger partial charge in [-0.25, -0.2) is 0 Å². The van der Waals surface area contributed by atoms with Gasteiger partial charge in [0.05, 0.1) is 11.3 Å². The normalized spacial score (nSPS) is 15.0. The van der Waals surface area contributed by atoms with Crippen molar-refractivity contribution in [3.8, 4) is 0 Å². The lowest BCUT2D eigenvalue weighted by atomic mass is 9.89. The second-order valence-corrected chi connectivity index (χ2v) is 8.55. The van der Waals surface area contributed by atoms with Crippen molar-refractivity contribution in [3.05, 3.63) is 29.8 Å². The Morgan fingerprint density at radius 2 is 1.85 bits per heavy atom. The van der Waals surface area contributed by atoms with Crippen LogP contribution in [-0.4, -0.2) is 30.7 Å². The third-order valence-corrected chi connectivity index (χ3v) is 5.88. The molecule has 0 heterocycles. The van der Waals surface area contributed by atoms with Crippen LogP contribution in [0.5, 0.6) is 0 Å². The van der Waals surface area contributed by atoms with Crippen molar-refractivity contribution in [2.24, 2.45) is 11.8 Å². The van der Waals surface area contributed by atoms with Crippen molar-refractivity contribution in [2.45, 2.75) is 57.3 Å². The Hall–Kier alpha value is -1.49. The summed E-state index contributed by atoms with van der Waals surface area (Å²) in [5.41, 5.74) is 0.654. The predicted molar refractivity (Wildman–Crippen MR) is 109 cm³/mol. The Balaban J connectivity index is 1.79. The van der Waals surface area contributed by atoms with Crippen LogP contribution in [0.2, 0.25) is 0 Å². The van der Waals surface area contributed by atoms with Crippen LogP contribution in [0.3, 0.4) is 0 Å². The zero-order valence-electron chi connectivity index (χ0n) is 16.1. The summed E-state index contributed by atoms with van der Waals surface area (Å²) in [6.45, 7) is 5.75. The van der Waals surface area contributed by atoms with E-state index in [-0.39, 0.29) is 11.8 Å². The van der Waals surface area contributed by atoms with Gasteiger partial charge in [-0.1, -0.05) is 45.2 Å². The van der Waals surface area contributed by atoms with E-state index in [1.54, 1.807) is 0 Å². The Kier molecular flexibility index (Phi) is 9.02. The molecule has 0 aliphatic heterocycles. The van der Waals surface area contributed by atoms with E-state index in [1.807, 2.05) is 24.3 Å². The van der Waals surface area contributed by atoms with Gasteiger partial charge in [-0.3, -0.25) is 9.59 Å². The highest BCUT2D eigenvalue weighted by Gasteiger charge is 2.15. The Morgan fingerprint density at radius 3 is 2.58 bits per heavy atom. The van der Waals surface area contributed by atoms with E-state index >= 15 is 0 Å². The molecule has 2 rings (SSSR count). The van der Waals surface area contributed by atoms with Gasteiger partial charge in [0.25, 0.3) is 5.91 Å². The van der Waals surface area contributed by atoms with Gasteiger partial charge in [0.15, 0.2) is 0 Å². The van der Waals surface area contributed by atoms with Crippen LogP contribution in [0.4, 0.5) is 0 Å². The summed E-state index contributed by atoms with van der Waals surface area (Å²) in [6.07, 6.45) is 7.32. The molecule has 0 unspecified atom stereocenters. The standard InChI is InChI=1S/C21H32N2O2S/c1-16(2)12-13-22-21(25)18-10-6-7-11-19(18)26-15-20(24)23-14-17-8-4-3-5-9-17/h6-7,10-11,16-17H,3-5,8-9,12-15H2,1-2H3,(H,22,25)(H,23,24). The average molecular weight is 377 g/mol. The van der Waals surface area contributed by atoms with Crippen molar-refractivity contribution in [2.75, 3.05) is 18.8 Å². The van der Waals surface area contributed by atoms with Crippen molar-refractivity contribution in [1.82, 2.24) is 10.6 Å². The van der Waals surface area contributed by atoms with Gasteiger partial charge in [0.1, 0.15) is 0 Å². The van der Waals surface area contributed by atoms with Crippen LogP contribution in [0.25, 0.3) is 0 Å². The van der Waals surface area contributed by atoms with Gasteiger partial charge in [-0.15, -0.1) is 11.8 Å². The molecular weight excluding hydrogens is 344 g/mol. The monoisotopic (exact) mass is 376 g/mol. The fraction of sp³-hybridized carbons (Fsp3) is 0.619. The lowest BCUT2D eigenvalue weighted by molar-refractivity contribution is -0.118. The van der Waals surface area contributed by atoms with Crippen LogP contribution < -0.4 is 10.6 Å². The first-order valence-electron chi connectivity index (χ1n) is 9.83. The van der Waals surface area contributed by atoms with Gasteiger partial charge >= 0.3 is 0 Å². The molecule has 0 aromatic heterocycles. The molecule has 26 heavy (non-hydrogen) atoms. The molecule has 1 fully saturated rings. The molecule has 0 bridgehead atoms. The molecule has 0 radical (unpaired) electrons. The Bertz CT molecular complexity index is 583. The molecule has 4 nitrogen and oxygen atoms in total. The second-order valence-electron chi connectivity index (χ2n) is 7.53. The summed E-state index contributed by atoms with van der Waals surface area (Å²) < 4.78 is 0. The van der Waals surface area contributed by atoms with E-state index in [9.17, 15) is 9.59 Å². The van der Waals surface area contributed by atoms with Crippen molar-refractivity contribution >= 4 is 23.6 Å². The number of benzene rings is 1. The van der Waals surface area contributed by atoms with Gasteiger partial charge in [0, 0.05) is 18.0 Å². The molecule has 1 saturated carbocycles. The van der Waals surface area contributed by atoms with E-state index in [2.05, 4.69) is 24.5 Å². The first-order chi connectivity index (χ1) is 12.6. The first kappa shape index (κ1) is 20.8. The molecule has 1 aromatic carbocycles. The quantitative estimate of drug-likeness (QED) is 0.634. The lowest BCUT2D eigenvalue weighted by Crippen LogP contribution is -2.31. The maximum atomic E-state index is 12.4. The number of hydrogen-bond acceptors (Lipinski definition) is 3. The largest absolute Gasteiger partial charge is 0.355 e. The summed E-state index contributed by atoms with van der Waals surface area (Å²) in [4.78, 5) is 25.4. The summed E-state index contributed by atoms with van der Waals surface area (Å²) in [5.74, 6) is 1.54. The van der Waals surface area contributed by atoms with Crippen LogP contribution in [0, 0.1) is 11.8 Å². The second kappa shape index (κ2) is 11.3. The Labute approximate surface area is 161 Å². The van der Waals surface area contributed by atoms with Crippen LogP contribution in [-0.2, 0) is 4.79 Å². The van der Waals surface area contributed by atoms with Gasteiger partial charge in [0.2, 0.25) is 5.91 Å². The molecule has 2 amide bonds. The lowest BCUT2D eigenvalue weighted by Gasteiger charge is -2.21. The number of carbonyl (C=O) groups is 2. The van der Waals surface area contributed by atoms with E-state index in [0.29, 0.717) is 29.7 Å². The fourth-order valence-electron chi connectivity index (χ4n) is 3.19. The smallest absolute Gasteiger partial charge is 0.252 e. The molecule has 5 heteroatoms. The molecule has 1 aliphatic rings. The number of thioether (sulfide) groups is 1. The highest BCUT2D eigenvalue weighted by Crippen LogP contribution is 2.24. The average Bonchev–Trinajstić information content (AvgIpc) is 2.65. The summed E-state index contributed by atoms with van der Waals surface area (Å²) >= 11 is 1.44. The number of amides is 2. The van der Waals surface area contributed by atoms with E-state index in [4.69, 9.17) is 0 Å². The minimum Gasteiger partial charge on any atom is -0.355 e. The third kappa shape index (κ3) is 7.40. The van der Waals surface area contributed by atoms with E-state index in [0.717, 1.165) is 17.9 Å². The molecular formula is C21H32N2O2S. The predicted octanol–water partition coefficient (Wildman–Crippen LogP) is 4.25. The Morgan fingerprint density at radius 1 is 1.12 bits per heavy atom. The molecule has 1 aromatic rings. The zero-order chi connectivity index (χ0) is 18.8. The number of hydrogen-bond donors (Lipinski definition) is 2. The van der Waals surface area contributed by atoms with Crippen molar-refractivity contribution < 1.29 is 9.59 Å². The number of carbonyl (C=O) groups excluding carboxylic acids is 2. The van der Waals surface area contributed by atoms with Crippen molar-refractivity contribution in [1.29, 1.82) is 0 Å². The summed E-state index contributed by atoms with van der Waals surface area (Å²) in [6, 6.07) is 7.52. The molecule has 1 aliphatic carbocycles. The van der Waals surface area contributed by atoms with E-state index < -0.39 is 0 Å². The van der Waals surface area contributed by atoms with Gasteiger partial charge in [-0.05, 0) is 43.2 Å². The van der Waals surface area contributed by atoms with Gasteiger partial charge in [-0.2, -0.15) is 0 Å². The maximum Gasteiger partial charge on any atom is 0.252 e. The highest BCUT2D eigenvalue weighted by atomic mass is 32.2. The molecule has 0 saturated heterocycles. The maximum absolute atomic E-state index is 12.4. The third-order valence-electron chi connectivity index (χ3n) is 4.81. The minimum atomic E-state index is -0.0589. The van der Waals surface area contributed by atoms with E-state index in [1.165, 1.54) is 43.9 Å². The molecule has 2 N–H and O–H groups in total. The summed E-state index contributed by atoms with van der Waals surface area (Å²) in [5, 5.41) is 6.03. The topological polar surface area (TPSA) is 58.2 Å². The van der Waals surface area contributed by atoms with Crippen LogP contribution in [0.1, 0.15) is 62.7 Å². The number of rotatable bonds is 9. The molecule has 144 valence electrons. The molecule has 0 atom stereocenters. The SMILES string of the molecule is CC(C)CCNC(=O)c1ccccc1SCC(=O)NCC1CCCCC1. The highest BCUT2D eigenvalue weighted by molar-refractivity contribution is 8.00. The summed E-state index contributed by atoms with van der Waals surface area (Å²) in [7, 11) is 0. The fourth-order valence-corrected chi connectivity index (χ4v) is 4.07. The van der Waals surface area contributed by atoms with Crippen LogP contribution >= 0.6 is 11.8 Å². The number of nitrogens with one attached hydrogen (secondary N) is 2. The molecule has 0 spiro atoms. The van der Waals surface area contributed by atoms with Crippen molar-refractivity contribution in [3.63, 3.8) is 0 Å². The minimum absolute atomic E-state index is 0.0515.